The first kappa shape index (κ1) is 19.0. The summed E-state index contributed by atoms with van der Waals surface area (Å²) >= 11 is 0. The van der Waals surface area contributed by atoms with Gasteiger partial charge in [-0.25, -0.2) is 0 Å². The van der Waals surface area contributed by atoms with Crippen molar-refractivity contribution in [2.45, 2.75) is 46.5 Å². The lowest BCUT2D eigenvalue weighted by Crippen LogP contribution is -2.08. The third kappa shape index (κ3) is 3.85. The van der Waals surface area contributed by atoms with E-state index in [0.29, 0.717) is 0 Å². The van der Waals surface area contributed by atoms with E-state index >= 15 is 0 Å². The van der Waals surface area contributed by atoms with Crippen LogP contribution in [0.15, 0.2) is 49.1 Å². The fourth-order valence-corrected chi connectivity index (χ4v) is 3.63. The summed E-state index contributed by atoms with van der Waals surface area (Å²) in [4.78, 5) is 0. The van der Waals surface area contributed by atoms with E-state index in [1.165, 1.54) is 44.5 Å². The molecule has 0 spiro atoms. The van der Waals surface area contributed by atoms with E-state index in [4.69, 9.17) is 0 Å². The lowest BCUT2D eigenvalue weighted by atomic mass is 9.80. The Labute approximate surface area is 153 Å². The van der Waals surface area contributed by atoms with Gasteiger partial charge < -0.3 is 0 Å². The van der Waals surface area contributed by atoms with Crippen molar-refractivity contribution in [2.24, 2.45) is 0 Å². The lowest BCUT2D eigenvalue weighted by Gasteiger charge is -2.24. The van der Waals surface area contributed by atoms with E-state index in [-0.39, 0.29) is 0 Å². The number of allylic oxidation sites excluding steroid dienone is 5. The Bertz CT molecular complexity index is 779. The van der Waals surface area contributed by atoms with Crippen molar-refractivity contribution < 1.29 is 0 Å². The minimum Gasteiger partial charge on any atom is -0.0991 e. The van der Waals surface area contributed by atoms with Gasteiger partial charge in [-0.3, -0.25) is 0 Å². The number of hydrogen-bond donors (Lipinski definition) is 0. The molecule has 0 saturated heterocycles. The zero-order chi connectivity index (χ0) is 18.4. The molecule has 1 aromatic carbocycles. The third-order valence-electron chi connectivity index (χ3n) is 4.99. The average molecular weight is 331 g/mol. The van der Waals surface area contributed by atoms with Crippen molar-refractivity contribution in [1.82, 2.24) is 0 Å². The molecule has 0 aromatic heterocycles. The Morgan fingerprint density at radius 1 is 1.04 bits per heavy atom. The largest absolute Gasteiger partial charge is 0.0991 e. The molecule has 0 fully saturated rings. The van der Waals surface area contributed by atoms with Crippen molar-refractivity contribution in [3.8, 4) is 0 Å². The molecule has 0 N–H and O–H groups in total. The number of hydrogen-bond acceptors (Lipinski definition) is 0. The molecule has 1 aromatic rings. The molecule has 0 atom stereocenters. The smallest absolute Gasteiger partial charge is 0.0100 e. The molecular weight excluding hydrogens is 300 g/mol. The topological polar surface area (TPSA) is 0 Å². The van der Waals surface area contributed by atoms with Crippen LogP contribution in [0.5, 0.6) is 0 Å². The van der Waals surface area contributed by atoms with Crippen LogP contribution in [0.4, 0.5) is 0 Å². The van der Waals surface area contributed by atoms with Gasteiger partial charge >= 0.3 is 0 Å². The quantitative estimate of drug-likeness (QED) is 0.456. The second-order valence-electron chi connectivity index (χ2n) is 6.62. The number of fused-ring (bicyclic) bond motifs is 1. The van der Waals surface area contributed by atoms with Crippen LogP contribution in [0.3, 0.4) is 0 Å². The van der Waals surface area contributed by atoms with Crippen molar-refractivity contribution in [2.75, 3.05) is 0 Å². The van der Waals surface area contributed by atoms with Gasteiger partial charge in [0.05, 0.1) is 0 Å². The summed E-state index contributed by atoms with van der Waals surface area (Å²) < 4.78 is 0. The van der Waals surface area contributed by atoms with Crippen LogP contribution < -0.4 is 0 Å². The Balaban J connectivity index is 2.84. The minimum atomic E-state index is 1.09. The summed E-state index contributed by atoms with van der Waals surface area (Å²) in [6.07, 6.45) is 19.2. The van der Waals surface area contributed by atoms with Crippen molar-refractivity contribution in [3.63, 3.8) is 0 Å². The molecule has 0 heterocycles. The highest BCUT2D eigenvalue weighted by molar-refractivity contribution is 5.84. The molecule has 2 rings (SSSR count). The maximum Gasteiger partial charge on any atom is -0.0100 e. The van der Waals surface area contributed by atoms with E-state index in [0.717, 1.165) is 25.7 Å². The standard InChI is InChI=1S/C25H30/c1-7-13-18(5)19(6)17-25-20(9-3)22(14-8-2)24-16-12-11-15-23(24)21(25)10-4/h7,9-11,13,15,17H,1,3-4,8,12,14,16H2,2,5-6H3/b18-13+,19-17+. The maximum atomic E-state index is 4.13. The molecule has 0 bridgehead atoms. The molecular formula is C25H30. The summed E-state index contributed by atoms with van der Waals surface area (Å²) in [7, 11) is 0. The molecule has 0 unspecified atom stereocenters. The minimum absolute atomic E-state index is 1.09. The van der Waals surface area contributed by atoms with Crippen molar-refractivity contribution >= 4 is 24.3 Å². The third-order valence-corrected chi connectivity index (χ3v) is 4.99. The second-order valence-corrected chi connectivity index (χ2v) is 6.62. The van der Waals surface area contributed by atoms with Gasteiger partial charge in [0, 0.05) is 0 Å². The van der Waals surface area contributed by atoms with Gasteiger partial charge in [-0.1, -0.05) is 75.6 Å². The summed E-state index contributed by atoms with van der Waals surface area (Å²) in [6.45, 7) is 18.6. The fourth-order valence-electron chi connectivity index (χ4n) is 3.63. The van der Waals surface area contributed by atoms with Crippen LogP contribution >= 0.6 is 0 Å². The highest BCUT2D eigenvalue weighted by atomic mass is 14.2. The van der Waals surface area contributed by atoms with Gasteiger partial charge in [-0.05, 0) is 77.6 Å². The van der Waals surface area contributed by atoms with Gasteiger partial charge in [-0.15, -0.1) is 0 Å². The Morgan fingerprint density at radius 3 is 2.36 bits per heavy atom. The monoisotopic (exact) mass is 330 g/mol. The van der Waals surface area contributed by atoms with Gasteiger partial charge in [0.25, 0.3) is 0 Å². The fraction of sp³-hybridized carbons (Fsp3) is 0.280. The summed E-state index contributed by atoms with van der Waals surface area (Å²) in [6, 6.07) is 0. The van der Waals surface area contributed by atoms with Crippen LogP contribution in [0.25, 0.3) is 24.3 Å². The van der Waals surface area contributed by atoms with Gasteiger partial charge in [0.15, 0.2) is 0 Å². The van der Waals surface area contributed by atoms with E-state index in [9.17, 15) is 0 Å². The normalized spacial score (nSPS) is 14.2. The molecule has 0 nitrogen and oxygen atoms in total. The maximum absolute atomic E-state index is 4.13. The predicted molar refractivity (Wildman–Crippen MR) is 116 cm³/mol. The van der Waals surface area contributed by atoms with Crippen LogP contribution in [0.1, 0.15) is 67.0 Å². The zero-order valence-electron chi connectivity index (χ0n) is 16.0. The molecule has 1 aliphatic carbocycles. The van der Waals surface area contributed by atoms with E-state index < -0.39 is 0 Å². The molecule has 0 aliphatic heterocycles. The van der Waals surface area contributed by atoms with Crippen LogP contribution in [0, 0.1) is 0 Å². The lowest BCUT2D eigenvalue weighted by molar-refractivity contribution is 0.874. The van der Waals surface area contributed by atoms with Gasteiger partial charge in [-0.2, -0.15) is 0 Å². The molecule has 0 saturated carbocycles. The van der Waals surface area contributed by atoms with Crippen molar-refractivity contribution in [3.05, 3.63) is 82.5 Å². The van der Waals surface area contributed by atoms with Gasteiger partial charge in [0.1, 0.15) is 0 Å². The summed E-state index contributed by atoms with van der Waals surface area (Å²) in [5.41, 5.74) is 10.5. The second kappa shape index (κ2) is 8.67. The van der Waals surface area contributed by atoms with Crippen LogP contribution in [-0.2, 0) is 12.8 Å². The zero-order valence-corrected chi connectivity index (χ0v) is 16.0. The van der Waals surface area contributed by atoms with Crippen LogP contribution in [0.2, 0.25) is 0 Å². The van der Waals surface area contributed by atoms with E-state index in [1.807, 2.05) is 18.2 Å². The van der Waals surface area contributed by atoms with E-state index in [1.54, 1.807) is 0 Å². The molecule has 1 aliphatic rings. The summed E-state index contributed by atoms with van der Waals surface area (Å²) in [5, 5.41) is 0. The molecule has 25 heavy (non-hydrogen) atoms. The predicted octanol–water partition coefficient (Wildman–Crippen LogP) is 7.42. The van der Waals surface area contributed by atoms with E-state index in [2.05, 4.69) is 64.8 Å². The van der Waals surface area contributed by atoms with Crippen LogP contribution in [-0.4, -0.2) is 0 Å². The SMILES string of the molecule is C=C/C=C(C)/C(C)=C/c1c(C=C)c2c(c(CCC)c1C=C)CCC=C2. The number of benzene rings is 1. The Morgan fingerprint density at radius 2 is 1.76 bits per heavy atom. The number of rotatable bonds is 7. The molecule has 130 valence electrons. The first-order chi connectivity index (χ1) is 12.1. The summed E-state index contributed by atoms with van der Waals surface area (Å²) in [5.74, 6) is 0. The molecule has 0 heteroatoms. The molecule has 0 radical (unpaired) electrons. The first-order valence-electron chi connectivity index (χ1n) is 9.20. The Kier molecular flexibility index (Phi) is 6.58. The highest BCUT2D eigenvalue weighted by Gasteiger charge is 2.19. The average Bonchev–Trinajstić information content (AvgIpc) is 2.62. The first-order valence-corrected chi connectivity index (χ1v) is 9.20. The Hall–Kier alpha value is -2.34. The van der Waals surface area contributed by atoms with Crippen molar-refractivity contribution in [1.29, 1.82) is 0 Å². The van der Waals surface area contributed by atoms with Gasteiger partial charge in [0.2, 0.25) is 0 Å². The molecule has 0 amide bonds. The highest BCUT2D eigenvalue weighted by Crippen LogP contribution is 2.36.